The largest absolute Gasteiger partial charge is 0.355 e. The molecule has 5 heteroatoms. The molecule has 114 valence electrons. The summed E-state index contributed by atoms with van der Waals surface area (Å²) < 4.78 is 1.24. The molecule has 0 spiro atoms. The lowest BCUT2D eigenvalue weighted by atomic mass is 10.0. The van der Waals surface area contributed by atoms with E-state index in [4.69, 9.17) is 0 Å². The van der Waals surface area contributed by atoms with Gasteiger partial charge in [0, 0.05) is 19.1 Å². The Morgan fingerprint density at radius 3 is 2.81 bits per heavy atom. The van der Waals surface area contributed by atoms with E-state index in [2.05, 4.69) is 46.3 Å². The molecule has 4 nitrogen and oxygen atoms in total. The van der Waals surface area contributed by atoms with Crippen LogP contribution in [0.3, 0.4) is 0 Å². The maximum Gasteiger partial charge on any atom is 0.150 e. The molecule has 21 heavy (non-hydrogen) atoms. The standard InChI is InChI=1S/C16H24N4S/c1-11(2)8-17-13-4-6-20(7-5-13)16-15-14(18-10-19-16)12(3)9-21-15/h9-11,13,17H,4-8H2,1-3H3. The van der Waals surface area contributed by atoms with Gasteiger partial charge in [0.15, 0.2) is 0 Å². The number of fused-ring (bicyclic) bond motifs is 1. The summed E-state index contributed by atoms with van der Waals surface area (Å²) >= 11 is 1.77. The van der Waals surface area contributed by atoms with Crippen LogP contribution in [-0.2, 0) is 0 Å². The highest BCUT2D eigenvalue weighted by atomic mass is 32.1. The zero-order chi connectivity index (χ0) is 14.8. The number of hydrogen-bond donors (Lipinski definition) is 1. The van der Waals surface area contributed by atoms with E-state index in [9.17, 15) is 0 Å². The van der Waals surface area contributed by atoms with Crippen LogP contribution in [0.2, 0.25) is 0 Å². The normalized spacial score (nSPS) is 17.0. The number of anilines is 1. The highest BCUT2D eigenvalue weighted by Crippen LogP contribution is 2.32. The number of piperidine rings is 1. The molecule has 1 saturated heterocycles. The molecular formula is C16H24N4S. The highest BCUT2D eigenvalue weighted by molar-refractivity contribution is 7.18. The molecule has 1 N–H and O–H groups in total. The zero-order valence-electron chi connectivity index (χ0n) is 13.1. The molecule has 0 aliphatic carbocycles. The van der Waals surface area contributed by atoms with Crippen LogP contribution in [0, 0.1) is 12.8 Å². The quantitative estimate of drug-likeness (QED) is 0.941. The summed E-state index contributed by atoms with van der Waals surface area (Å²) in [5.74, 6) is 1.85. The molecule has 0 bridgehead atoms. The minimum Gasteiger partial charge on any atom is -0.355 e. The summed E-state index contributed by atoms with van der Waals surface area (Å²) in [7, 11) is 0. The molecule has 0 unspecified atom stereocenters. The molecule has 1 aliphatic heterocycles. The fourth-order valence-corrected chi connectivity index (χ4v) is 3.90. The van der Waals surface area contributed by atoms with Crippen molar-refractivity contribution in [1.29, 1.82) is 0 Å². The monoisotopic (exact) mass is 304 g/mol. The Bertz CT molecular complexity index is 599. The first kappa shape index (κ1) is 14.7. The molecule has 0 aromatic carbocycles. The third kappa shape index (κ3) is 3.19. The Morgan fingerprint density at radius 1 is 1.33 bits per heavy atom. The predicted molar refractivity (Wildman–Crippen MR) is 90.2 cm³/mol. The van der Waals surface area contributed by atoms with Gasteiger partial charge in [-0.3, -0.25) is 0 Å². The minimum absolute atomic E-state index is 0.658. The van der Waals surface area contributed by atoms with E-state index in [0.717, 1.165) is 36.9 Å². The van der Waals surface area contributed by atoms with Gasteiger partial charge in [-0.2, -0.15) is 0 Å². The van der Waals surface area contributed by atoms with Crippen molar-refractivity contribution in [2.45, 2.75) is 39.7 Å². The Kier molecular flexibility index (Phi) is 4.40. The van der Waals surface area contributed by atoms with E-state index in [1.165, 1.54) is 23.1 Å². The second-order valence-electron chi connectivity index (χ2n) is 6.36. The van der Waals surface area contributed by atoms with Gasteiger partial charge in [-0.05, 0) is 43.2 Å². The topological polar surface area (TPSA) is 41.0 Å². The molecule has 2 aromatic heterocycles. The van der Waals surface area contributed by atoms with Gasteiger partial charge in [-0.25, -0.2) is 9.97 Å². The maximum absolute atomic E-state index is 4.55. The molecular weight excluding hydrogens is 280 g/mol. The van der Waals surface area contributed by atoms with Crippen LogP contribution in [0.15, 0.2) is 11.7 Å². The van der Waals surface area contributed by atoms with Crippen LogP contribution >= 0.6 is 11.3 Å². The summed E-state index contributed by atoms with van der Waals surface area (Å²) in [6.45, 7) is 9.93. The summed E-state index contributed by atoms with van der Waals surface area (Å²) in [6, 6.07) is 0.658. The van der Waals surface area contributed by atoms with Crippen molar-refractivity contribution in [3.63, 3.8) is 0 Å². The second kappa shape index (κ2) is 6.28. The van der Waals surface area contributed by atoms with Crippen molar-refractivity contribution in [3.05, 3.63) is 17.3 Å². The van der Waals surface area contributed by atoms with Gasteiger partial charge in [0.05, 0.1) is 10.2 Å². The van der Waals surface area contributed by atoms with Crippen molar-refractivity contribution in [3.8, 4) is 0 Å². The Labute approximate surface area is 130 Å². The first-order chi connectivity index (χ1) is 10.1. The van der Waals surface area contributed by atoms with E-state index < -0.39 is 0 Å². The number of aromatic nitrogens is 2. The van der Waals surface area contributed by atoms with E-state index in [1.54, 1.807) is 17.7 Å². The fraction of sp³-hybridized carbons (Fsp3) is 0.625. The van der Waals surface area contributed by atoms with Gasteiger partial charge in [-0.15, -0.1) is 11.3 Å². The molecule has 1 fully saturated rings. The lowest BCUT2D eigenvalue weighted by molar-refractivity contribution is 0.392. The lowest BCUT2D eigenvalue weighted by Gasteiger charge is -2.33. The molecule has 0 atom stereocenters. The van der Waals surface area contributed by atoms with Gasteiger partial charge in [0.2, 0.25) is 0 Å². The third-order valence-corrected chi connectivity index (χ3v) is 5.20. The van der Waals surface area contributed by atoms with Crippen LogP contribution in [0.5, 0.6) is 0 Å². The van der Waals surface area contributed by atoms with Crippen LogP contribution in [0.4, 0.5) is 5.82 Å². The number of rotatable bonds is 4. The molecule has 0 saturated carbocycles. The van der Waals surface area contributed by atoms with Crippen molar-refractivity contribution in [2.75, 3.05) is 24.5 Å². The summed E-state index contributed by atoms with van der Waals surface area (Å²) in [6.07, 6.45) is 4.10. The zero-order valence-corrected chi connectivity index (χ0v) is 13.9. The van der Waals surface area contributed by atoms with E-state index in [1.807, 2.05) is 0 Å². The summed E-state index contributed by atoms with van der Waals surface area (Å²) in [5.41, 5.74) is 2.37. The van der Waals surface area contributed by atoms with Crippen LogP contribution < -0.4 is 10.2 Å². The minimum atomic E-state index is 0.658. The Hall–Kier alpha value is -1.20. The molecule has 3 heterocycles. The maximum atomic E-state index is 4.55. The van der Waals surface area contributed by atoms with Gasteiger partial charge < -0.3 is 10.2 Å². The molecule has 0 amide bonds. The predicted octanol–water partition coefficient (Wildman–Crippen LogP) is 3.21. The van der Waals surface area contributed by atoms with Gasteiger partial charge in [-0.1, -0.05) is 13.8 Å². The van der Waals surface area contributed by atoms with Gasteiger partial charge >= 0.3 is 0 Å². The Morgan fingerprint density at radius 2 is 2.10 bits per heavy atom. The van der Waals surface area contributed by atoms with Crippen LogP contribution in [0.1, 0.15) is 32.3 Å². The molecule has 0 radical (unpaired) electrons. The van der Waals surface area contributed by atoms with Crippen molar-refractivity contribution in [2.24, 2.45) is 5.92 Å². The average Bonchev–Trinajstić information content (AvgIpc) is 2.87. The first-order valence-electron chi connectivity index (χ1n) is 7.82. The van der Waals surface area contributed by atoms with Crippen molar-refractivity contribution >= 4 is 27.4 Å². The summed E-state index contributed by atoms with van der Waals surface area (Å²) in [4.78, 5) is 11.4. The summed E-state index contributed by atoms with van der Waals surface area (Å²) in [5, 5.41) is 5.86. The van der Waals surface area contributed by atoms with E-state index >= 15 is 0 Å². The van der Waals surface area contributed by atoms with Crippen molar-refractivity contribution < 1.29 is 0 Å². The Balaban J connectivity index is 1.68. The lowest BCUT2D eigenvalue weighted by Crippen LogP contribution is -2.43. The number of hydrogen-bond acceptors (Lipinski definition) is 5. The fourth-order valence-electron chi connectivity index (χ4n) is 2.88. The third-order valence-electron chi connectivity index (χ3n) is 4.12. The van der Waals surface area contributed by atoms with E-state index in [-0.39, 0.29) is 0 Å². The smallest absolute Gasteiger partial charge is 0.150 e. The van der Waals surface area contributed by atoms with E-state index in [0.29, 0.717) is 6.04 Å². The second-order valence-corrected chi connectivity index (χ2v) is 7.24. The number of aryl methyl sites for hydroxylation is 1. The van der Waals surface area contributed by atoms with Crippen LogP contribution in [0.25, 0.3) is 10.2 Å². The molecule has 1 aliphatic rings. The number of thiophene rings is 1. The van der Waals surface area contributed by atoms with Crippen LogP contribution in [-0.4, -0.2) is 35.6 Å². The number of nitrogens with zero attached hydrogens (tertiary/aromatic N) is 3. The first-order valence-corrected chi connectivity index (χ1v) is 8.70. The van der Waals surface area contributed by atoms with Crippen molar-refractivity contribution in [1.82, 2.24) is 15.3 Å². The molecule has 2 aromatic rings. The average molecular weight is 304 g/mol. The van der Waals surface area contributed by atoms with Gasteiger partial charge in [0.25, 0.3) is 0 Å². The van der Waals surface area contributed by atoms with Gasteiger partial charge in [0.1, 0.15) is 12.1 Å². The molecule has 3 rings (SSSR count). The number of nitrogens with one attached hydrogen (secondary N) is 1. The SMILES string of the molecule is Cc1csc2c(N3CCC(NCC(C)C)CC3)ncnc12. The highest BCUT2D eigenvalue weighted by Gasteiger charge is 2.22.